The van der Waals surface area contributed by atoms with Gasteiger partial charge in [-0.1, -0.05) is 13.0 Å². The molecule has 0 aliphatic carbocycles. The van der Waals surface area contributed by atoms with Crippen LogP contribution in [0.5, 0.6) is 0 Å². The number of carbonyl (C=O) groups excluding carboxylic acids is 2. The van der Waals surface area contributed by atoms with E-state index < -0.39 is 21.8 Å². The van der Waals surface area contributed by atoms with E-state index in [2.05, 4.69) is 15.9 Å². The number of benzene rings is 1. The largest absolute Gasteiger partial charge is 0.465 e. The zero-order valence-corrected chi connectivity index (χ0v) is 17.3. The van der Waals surface area contributed by atoms with Crippen molar-refractivity contribution >= 4 is 43.4 Å². The van der Waals surface area contributed by atoms with Crippen LogP contribution in [-0.4, -0.2) is 40.3 Å². The lowest BCUT2D eigenvalue weighted by Gasteiger charge is -2.24. The number of nitrogens with zero attached hydrogens (tertiary/aromatic N) is 1. The summed E-state index contributed by atoms with van der Waals surface area (Å²) in [6, 6.07) is 4.46. The average Bonchev–Trinajstić information content (AvgIpc) is 2.89. The summed E-state index contributed by atoms with van der Waals surface area (Å²) in [4.78, 5) is 26.1. The second kappa shape index (κ2) is 8.53. The van der Waals surface area contributed by atoms with Gasteiger partial charge in [0.25, 0.3) is 0 Å². The van der Waals surface area contributed by atoms with Crippen molar-refractivity contribution in [2.75, 3.05) is 24.9 Å². The van der Waals surface area contributed by atoms with Gasteiger partial charge in [-0.3, -0.25) is 0 Å². The molecule has 1 aromatic carbocycles. The third-order valence-electron chi connectivity index (χ3n) is 3.81. The summed E-state index contributed by atoms with van der Waals surface area (Å²) in [5, 5.41) is 0. The Kier molecular flexibility index (Phi) is 6.61. The van der Waals surface area contributed by atoms with E-state index in [1.54, 1.807) is 25.1 Å². The van der Waals surface area contributed by atoms with Gasteiger partial charge in [0.05, 0.1) is 36.1 Å². The number of anilines is 1. The molecule has 0 amide bonds. The van der Waals surface area contributed by atoms with Crippen molar-refractivity contribution in [3.05, 3.63) is 58.4 Å². The van der Waals surface area contributed by atoms with Crippen LogP contribution in [-0.2, 0) is 28.9 Å². The molecule has 1 aromatic rings. The number of halogens is 1. The van der Waals surface area contributed by atoms with Crippen LogP contribution >= 0.6 is 15.9 Å². The lowest BCUT2D eigenvalue weighted by molar-refractivity contribution is -0.139. The third kappa shape index (κ3) is 4.30. The fourth-order valence-corrected chi connectivity index (χ4v) is 3.73. The van der Waals surface area contributed by atoms with Crippen molar-refractivity contribution in [1.29, 1.82) is 0 Å². The molecule has 7 nitrogen and oxygen atoms in total. The van der Waals surface area contributed by atoms with Crippen LogP contribution in [0.25, 0.3) is 0 Å². The fourth-order valence-electron chi connectivity index (χ4n) is 2.39. The Hall–Kier alpha value is -2.39. The Bertz CT molecular complexity index is 962. The van der Waals surface area contributed by atoms with E-state index in [1.807, 2.05) is 0 Å². The first-order valence-electron chi connectivity index (χ1n) is 7.84. The SMILES string of the molecule is CCS(=O)(=O)c1ccc(Br)c(N2C=CC=CC(C(=O)OC)=C2C(=O)OC)c1. The zero-order chi connectivity index (χ0) is 20.2. The number of carbonyl (C=O) groups is 2. The molecule has 0 spiro atoms. The van der Waals surface area contributed by atoms with Gasteiger partial charge in [-0.25, -0.2) is 18.0 Å². The van der Waals surface area contributed by atoms with Gasteiger partial charge < -0.3 is 14.4 Å². The number of allylic oxidation sites excluding steroid dienone is 2. The molecule has 0 saturated heterocycles. The van der Waals surface area contributed by atoms with Crippen LogP contribution in [0.3, 0.4) is 0 Å². The number of methoxy groups -OCH3 is 2. The van der Waals surface area contributed by atoms with Gasteiger partial charge in [0, 0.05) is 10.7 Å². The standard InChI is InChI=1S/C18H18BrNO6S/c1-4-27(23,24)12-8-9-14(19)15(11-12)20-10-6-5-7-13(17(21)25-2)16(20)18(22)26-3/h5-11H,4H2,1-3H3. The van der Waals surface area contributed by atoms with E-state index in [9.17, 15) is 18.0 Å². The highest BCUT2D eigenvalue weighted by Gasteiger charge is 2.29. The maximum atomic E-state index is 12.5. The van der Waals surface area contributed by atoms with E-state index in [4.69, 9.17) is 9.47 Å². The average molecular weight is 456 g/mol. The van der Waals surface area contributed by atoms with E-state index in [1.165, 1.54) is 43.5 Å². The van der Waals surface area contributed by atoms with Crippen LogP contribution in [0.1, 0.15) is 6.92 Å². The quantitative estimate of drug-likeness (QED) is 0.630. The van der Waals surface area contributed by atoms with Gasteiger partial charge in [0.15, 0.2) is 9.84 Å². The summed E-state index contributed by atoms with van der Waals surface area (Å²) < 4.78 is 34.6. The Morgan fingerprint density at radius 3 is 2.37 bits per heavy atom. The van der Waals surface area contributed by atoms with E-state index in [0.29, 0.717) is 10.2 Å². The van der Waals surface area contributed by atoms with Crippen molar-refractivity contribution in [1.82, 2.24) is 0 Å². The first-order valence-corrected chi connectivity index (χ1v) is 10.3. The maximum absolute atomic E-state index is 12.5. The highest BCUT2D eigenvalue weighted by molar-refractivity contribution is 9.10. The van der Waals surface area contributed by atoms with Gasteiger partial charge >= 0.3 is 11.9 Å². The summed E-state index contributed by atoms with van der Waals surface area (Å²) in [6.07, 6.45) is 6.12. The predicted octanol–water partition coefficient (Wildman–Crippen LogP) is 2.73. The second-order valence-electron chi connectivity index (χ2n) is 5.33. The number of hydrogen-bond donors (Lipinski definition) is 0. The molecule has 0 atom stereocenters. The molecule has 27 heavy (non-hydrogen) atoms. The van der Waals surface area contributed by atoms with E-state index >= 15 is 0 Å². The normalized spacial score (nSPS) is 14.1. The minimum atomic E-state index is -3.47. The summed E-state index contributed by atoms with van der Waals surface area (Å²) in [7, 11) is -1.09. The third-order valence-corrected chi connectivity index (χ3v) is 6.21. The summed E-state index contributed by atoms with van der Waals surface area (Å²) in [5.41, 5.74) is 0.234. The molecule has 0 fully saturated rings. The predicted molar refractivity (Wildman–Crippen MR) is 104 cm³/mol. The van der Waals surface area contributed by atoms with Crippen molar-refractivity contribution in [2.45, 2.75) is 11.8 Å². The monoisotopic (exact) mass is 455 g/mol. The van der Waals surface area contributed by atoms with E-state index in [-0.39, 0.29) is 21.9 Å². The van der Waals surface area contributed by atoms with Crippen LogP contribution in [0.2, 0.25) is 0 Å². The molecule has 0 saturated carbocycles. The van der Waals surface area contributed by atoms with Crippen molar-refractivity contribution < 1.29 is 27.5 Å². The summed E-state index contributed by atoms with van der Waals surface area (Å²) >= 11 is 3.37. The first-order chi connectivity index (χ1) is 12.8. The van der Waals surface area contributed by atoms with Gasteiger partial charge in [-0.05, 0) is 46.3 Å². The lowest BCUT2D eigenvalue weighted by Crippen LogP contribution is -2.27. The number of ether oxygens (including phenoxy) is 2. The summed E-state index contributed by atoms with van der Waals surface area (Å²) in [6.45, 7) is 1.54. The van der Waals surface area contributed by atoms with Crippen LogP contribution in [0.4, 0.5) is 5.69 Å². The minimum Gasteiger partial charge on any atom is -0.465 e. The highest BCUT2D eigenvalue weighted by atomic mass is 79.9. The Morgan fingerprint density at radius 1 is 1.11 bits per heavy atom. The summed E-state index contributed by atoms with van der Waals surface area (Å²) in [5.74, 6) is -1.57. The maximum Gasteiger partial charge on any atom is 0.355 e. The molecule has 1 heterocycles. The minimum absolute atomic E-state index is 0.0231. The van der Waals surface area contributed by atoms with Gasteiger partial charge in [0.2, 0.25) is 0 Å². The zero-order valence-electron chi connectivity index (χ0n) is 14.9. The molecule has 1 aliphatic rings. The van der Waals surface area contributed by atoms with Crippen molar-refractivity contribution in [3.8, 4) is 0 Å². The number of rotatable bonds is 5. The topological polar surface area (TPSA) is 90.0 Å². The molecule has 0 aromatic heterocycles. The molecule has 2 rings (SSSR count). The highest BCUT2D eigenvalue weighted by Crippen LogP contribution is 2.34. The molecule has 9 heteroatoms. The second-order valence-corrected chi connectivity index (χ2v) is 8.47. The molecular weight excluding hydrogens is 438 g/mol. The van der Waals surface area contributed by atoms with Gasteiger partial charge in [-0.15, -0.1) is 0 Å². The molecule has 1 aliphatic heterocycles. The Morgan fingerprint density at radius 2 is 1.78 bits per heavy atom. The molecule has 0 N–H and O–H groups in total. The number of sulfone groups is 1. The van der Waals surface area contributed by atoms with Crippen LogP contribution in [0, 0.1) is 0 Å². The van der Waals surface area contributed by atoms with Gasteiger partial charge in [0.1, 0.15) is 5.70 Å². The lowest BCUT2D eigenvalue weighted by atomic mass is 10.1. The van der Waals surface area contributed by atoms with E-state index in [0.717, 1.165) is 0 Å². The molecule has 144 valence electrons. The Balaban J connectivity index is 2.76. The number of esters is 2. The van der Waals surface area contributed by atoms with Crippen molar-refractivity contribution in [2.24, 2.45) is 0 Å². The van der Waals surface area contributed by atoms with Gasteiger partial charge in [-0.2, -0.15) is 0 Å². The molecule has 0 radical (unpaired) electrons. The van der Waals surface area contributed by atoms with Crippen molar-refractivity contribution in [3.63, 3.8) is 0 Å². The first kappa shape index (κ1) is 20.9. The molecular formula is C18H18BrNO6S. The Labute approximate surface area is 166 Å². The fraction of sp³-hybridized carbons (Fsp3) is 0.222. The van der Waals surface area contributed by atoms with Crippen LogP contribution < -0.4 is 4.90 Å². The number of hydrogen-bond acceptors (Lipinski definition) is 7. The van der Waals surface area contributed by atoms with Crippen LogP contribution in [0.15, 0.2) is 63.3 Å². The smallest absolute Gasteiger partial charge is 0.355 e. The molecule has 0 unspecified atom stereocenters. The molecule has 0 bridgehead atoms.